The van der Waals surface area contributed by atoms with Crippen LogP contribution in [0.15, 0.2) is 46.9 Å². The number of nitrogens with one attached hydrogen (secondary N) is 1. The fourth-order valence-corrected chi connectivity index (χ4v) is 3.01. The van der Waals surface area contributed by atoms with Crippen molar-refractivity contribution in [3.8, 4) is 0 Å². The molecule has 0 saturated carbocycles. The van der Waals surface area contributed by atoms with Gasteiger partial charge in [0.25, 0.3) is 0 Å². The van der Waals surface area contributed by atoms with E-state index in [-0.39, 0.29) is 6.04 Å². The molecule has 100 valence electrons. The molecule has 4 heteroatoms. The van der Waals surface area contributed by atoms with E-state index in [9.17, 15) is 0 Å². The van der Waals surface area contributed by atoms with Crippen molar-refractivity contribution in [3.05, 3.63) is 68.1 Å². The Hall–Kier alpha value is -0.540. The molecule has 0 radical (unpaired) electrons. The number of hydrogen-bond donors (Lipinski definition) is 1. The molecule has 2 rings (SSSR count). The van der Waals surface area contributed by atoms with E-state index < -0.39 is 0 Å². The first-order valence-electron chi connectivity index (χ1n) is 5.97. The molecular weight excluding hydrogens is 345 g/mol. The molecule has 2 aromatic carbocycles. The van der Waals surface area contributed by atoms with Gasteiger partial charge in [0.2, 0.25) is 0 Å². The highest BCUT2D eigenvalue weighted by atomic mass is 79.9. The molecule has 0 amide bonds. The van der Waals surface area contributed by atoms with Crippen LogP contribution in [0.1, 0.15) is 17.2 Å². The standard InChI is InChI=1S/C15H14BrCl2N/c1-19-15(10-4-2-5-11(16)8-10)9-12-13(17)6-3-7-14(12)18/h2-8,15,19H,9H2,1H3. The number of benzene rings is 2. The lowest BCUT2D eigenvalue weighted by Crippen LogP contribution is -2.19. The van der Waals surface area contributed by atoms with Crippen LogP contribution in [0.4, 0.5) is 0 Å². The predicted octanol–water partition coefficient (Wildman–Crippen LogP) is 5.26. The summed E-state index contributed by atoms with van der Waals surface area (Å²) in [7, 11) is 1.94. The molecule has 2 aromatic rings. The van der Waals surface area contributed by atoms with Crippen LogP contribution in [0.3, 0.4) is 0 Å². The van der Waals surface area contributed by atoms with Gasteiger partial charge in [-0.2, -0.15) is 0 Å². The first kappa shape index (κ1) is 14.9. The Labute approximate surface area is 132 Å². The summed E-state index contributed by atoms with van der Waals surface area (Å²) in [5.74, 6) is 0. The highest BCUT2D eigenvalue weighted by Crippen LogP contribution is 2.29. The van der Waals surface area contributed by atoms with E-state index in [0.717, 1.165) is 16.5 Å². The van der Waals surface area contributed by atoms with Crippen LogP contribution in [-0.2, 0) is 6.42 Å². The minimum atomic E-state index is 0.176. The van der Waals surface area contributed by atoms with Gasteiger partial charge in [0, 0.05) is 20.6 Å². The quantitative estimate of drug-likeness (QED) is 0.786. The van der Waals surface area contributed by atoms with Gasteiger partial charge >= 0.3 is 0 Å². The Morgan fingerprint density at radius 3 is 2.32 bits per heavy atom. The summed E-state index contributed by atoms with van der Waals surface area (Å²) in [6, 6.07) is 14.0. The van der Waals surface area contributed by atoms with Gasteiger partial charge in [0.05, 0.1) is 0 Å². The lowest BCUT2D eigenvalue weighted by molar-refractivity contribution is 0.592. The van der Waals surface area contributed by atoms with Gasteiger partial charge in [0.1, 0.15) is 0 Å². The zero-order valence-corrected chi connectivity index (χ0v) is 13.6. The minimum absolute atomic E-state index is 0.176. The van der Waals surface area contributed by atoms with Crippen molar-refractivity contribution in [1.29, 1.82) is 0 Å². The van der Waals surface area contributed by atoms with Crippen molar-refractivity contribution in [2.24, 2.45) is 0 Å². The number of rotatable bonds is 4. The molecule has 0 bridgehead atoms. The van der Waals surface area contributed by atoms with E-state index in [2.05, 4.69) is 33.4 Å². The molecule has 19 heavy (non-hydrogen) atoms. The average Bonchev–Trinajstić information content (AvgIpc) is 2.38. The fourth-order valence-electron chi connectivity index (χ4n) is 2.04. The van der Waals surface area contributed by atoms with Gasteiger partial charge in [-0.25, -0.2) is 0 Å². The summed E-state index contributed by atoms with van der Waals surface area (Å²) in [4.78, 5) is 0. The molecule has 0 aliphatic carbocycles. The summed E-state index contributed by atoms with van der Waals surface area (Å²) in [5.41, 5.74) is 2.18. The van der Waals surface area contributed by atoms with E-state index in [1.165, 1.54) is 5.56 Å². The summed E-state index contributed by atoms with van der Waals surface area (Å²) in [6.07, 6.45) is 0.755. The topological polar surface area (TPSA) is 12.0 Å². The maximum absolute atomic E-state index is 6.23. The third kappa shape index (κ3) is 3.73. The Morgan fingerprint density at radius 1 is 1.11 bits per heavy atom. The Kier molecular flexibility index (Phi) is 5.28. The predicted molar refractivity (Wildman–Crippen MR) is 86.1 cm³/mol. The van der Waals surface area contributed by atoms with Crippen LogP contribution < -0.4 is 5.32 Å². The van der Waals surface area contributed by atoms with Gasteiger partial charge in [0.15, 0.2) is 0 Å². The van der Waals surface area contributed by atoms with Crippen molar-refractivity contribution in [3.63, 3.8) is 0 Å². The smallest absolute Gasteiger partial charge is 0.0453 e. The molecular formula is C15H14BrCl2N. The normalized spacial score (nSPS) is 12.4. The van der Waals surface area contributed by atoms with Crippen molar-refractivity contribution >= 4 is 39.1 Å². The van der Waals surface area contributed by atoms with Gasteiger partial charge in [-0.15, -0.1) is 0 Å². The fraction of sp³-hybridized carbons (Fsp3) is 0.200. The van der Waals surface area contributed by atoms with Gasteiger partial charge in [-0.3, -0.25) is 0 Å². The highest BCUT2D eigenvalue weighted by Gasteiger charge is 2.14. The first-order chi connectivity index (χ1) is 9.11. The van der Waals surface area contributed by atoms with Gasteiger partial charge in [-0.1, -0.05) is 57.3 Å². The van der Waals surface area contributed by atoms with Crippen molar-refractivity contribution in [1.82, 2.24) is 5.32 Å². The minimum Gasteiger partial charge on any atom is -0.313 e. The molecule has 0 fully saturated rings. The van der Waals surface area contributed by atoms with E-state index >= 15 is 0 Å². The number of likely N-dealkylation sites (N-methyl/N-ethyl adjacent to an activating group) is 1. The maximum Gasteiger partial charge on any atom is 0.0453 e. The van der Waals surface area contributed by atoms with Crippen molar-refractivity contribution in [2.45, 2.75) is 12.5 Å². The second-order valence-corrected chi connectivity index (χ2v) is 6.03. The monoisotopic (exact) mass is 357 g/mol. The SMILES string of the molecule is CNC(Cc1c(Cl)cccc1Cl)c1cccc(Br)c1. The Morgan fingerprint density at radius 2 is 1.74 bits per heavy atom. The summed E-state index contributed by atoms with van der Waals surface area (Å²) in [6.45, 7) is 0. The molecule has 0 aliphatic heterocycles. The van der Waals surface area contributed by atoms with Crippen LogP contribution in [-0.4, -0.2) is 7.05 Å². The van der Waals surface area contributed by atoms with E-state index in [0.29, 0.717) is 10.0 Å². The summed E-state index contributed by atoms with van der Waals surface area (Å²) < 4.78 is 1.07. The zero-order valence-electron chi connectivity index (χ0n) is 10.5. The second kappa shape index (κ2) is 6.76. The van der Waals surface area contributed by atoms with E-state index in [4.69, 9.17) is 23.2 Å². The van der Waals surface area contributed by atoms with Crippen molar-refractivity contribution in [2.75, 3.05) is 7.05 Å². The molecule has 1 unspecified atom stereocenters. The maximum atomic E-state index is 6.23. The van der Waals surface area contributed by atoms with Gasteiger partial charge in [-0.05, 0) is 48.9 Å². The molecule has 0 saturated heterocycles. The van der Waals surface area contributed by atoms with Crippen molar-refractivity contribution < 1.29 is 0 Å². The molecule has 1 nitrogen and oxygen atoms in total. The second-order valence-electron chi connectivity index (χ2n) is 4.30. The highest BCUT2D eigenvalue weighted by molar-refractivity contribution is 9.10. The molecule has 0 spiro atoms. The third-order valence-corrected chi connectivity index (χ3v) is 4.27. The molecule has 1 atom stereocenters. The lowest BCUT2D eigenvalue weighted by atomic mass is 9.99. The average molecular weight is 359 g/mol. The van der Waals surface area contributed by atoms with Gasteiger partial charge < -0.3 is 5.32 Å². The van der Waals surface area contributed by atoms with Crippen LogP contribution >= 0.6 is 39.1 Å². The van der Waals surface area contributed by atoms with Crippen LogP contribution in [0, 0.1) is 0 Å². The van der Waals surface area contributed by atoms with E-state index in [1.54, 1.807) is 0 Å². The molecule has 0 heterocycles. The Bertz CT molecular complexity index is 552. The number of halogens is 3. The summed E-state index contributed by atoms with van der Waals surface area (Å²) in [5, 5.41) is 4.73. The zero-order chi connectivity index (χ0) is 13.8. The van der Waals surface area contributed by atoms with E-state index in [1.807, 2.05) is 37.4 Å². The first-order valence-corrected chi connectivity index (χ1v) is 7.52. The van der Waals surface area contributed by atoms with Crippen LogP contribution in [0.2, 0.25) is 10.0 Å². The largest absolute Gasteiger partial charge is 0.313 e. The molecule has 0 aliphatic rings. The van der Waals surface area contributed by atoms with Crippen LogP contribution in [0.25, 0.3) is 0 Å². The molecule has 1 N–H and O–H groups in total. The molecule has 0 aromatic heterocycles. The summed E-state index contributed by atoms with van der Waals surface area (Å²) >= 11 is 15.9. The number of hydrogen-bond acceptors (Lipinski definition) is 1. The third-order valence-electron chi connectivity index (χ3n) is 3.07. The lowest BCUT2D eigenvalue weighted by Gasteiger charge is -2.18. The van der Waals surface area contributed by atoms with Crippen LogP contribution in [0.5, 0.6) is 0 Å². The Balaban J connectivity index is 2.29.